The van der Waals surface area contributed by atoms with E-state index < -0.39 is 4.92 Å². The van der Waals surface area contributed by atoms with Crippen LogP contribution >= 0.6 is 0 Å². The summed E-state index contributed by atoms with van der Waals surface area (Å²) in [4.78, 5) is 23.1. The van der Waals surface area contributed by atoms with Crippen molar-refractivity contribution in [1.82, 2.24) is 5.32 Å². The smallest absolute Gasteiger partial charge is 0.293 e. The van der Waals surface area contributed by atoms with E-state index in [1.165, 1.54) is 11.6 Å². The summed E-state index contributed by atoms with van der Waals surface area (Å²) in [6.45, 7) is 4.33. The van der Waals surface area contributed by atoms with E-state index in [1.807, 2.05) is 32.0 Å². The molecule has 0 aliphatic heterocycles. The van der Waals surface area contributed by atoms with Gasteiger partial charge in [-0.05, 0) is 44.4 Å². The maximum absolute atomic E-state index is 12.1. The highest BCUT2D eigenvalue weighted by Gasteiger charge is 2.44. The van der Waals surface area contributed by atoms with Crippen LogP contribution in [0.3, 0.4) is 0 Å². The highest BCUT2D eigenvalue weighted by atomic mass is 16.6. The molecule has 1 fully saturated rings. The van der Waals surface area contributed by atoms with Crippen molar-refractivity contribution >= 4 is 17.3 Å². The Morgan fingerprint density at radius 2 is 1.88 bits per heavy atom. The third-order valence-electron chi connectivity index (χ3n) is 4.73. The molecule has 136 valence electrons. The van der Waals surface area contributed by atoms with Gasteiger partial charge in [-0.1, -0.05) is 30.3 Å². The Balaban J connectivity index is 1.78. The molecule has 0 atom stereocenters. The van der Waals surface area contributed by atoms with Gasteiger partial charge in [-0.15, -0.1) is 0 Å². The number of rotatable bonds is 7. The molecule has 0 aromatic heterocycles. The molecule has 2 N–H and O–H groups in total. The summed E-state index contributed by atoms with van der Waals surface area (Å²) in [5.41, 5.74) is 1.95. The molecule has 1 amide bonds. The highest BCUT2D eigenvalue weighted by molar-refractivity contribution is 5.95. The molecule has 1 saturated carbocycles. The monoisotopic (exact) mass is 353 g/mol. The first-order valence-electron chi connectivity index (χ1n) is 8.80. The second kappa shape index (κ2) is 7.15. The number of hydrogen-bond acceptors (Lipinski definition) is 4. The fraction of sp³-hybridized carbons (Fsp3) is 0.350. The van der Waals surface area contributed by atoms with Crippen molar-refractivity contribution in [3.63, 3.8) is 0 Å². The zero-order valence-electron chi connectivity index (χ0n) is 15.0. The summed E-state index contributed by atoms with van der Waals surface area (Å²) in [5, 5.41) is 17.4. The van der Waals surface area contributed by atoms with Crippen molar-refractivity contribution in [2.24, 2.45) is 0 Å². The lowest BCUT2D eigenvalue weighted by Gasteiger charge is -2.17. The Morgan fingerprint density at radius 3 is 2.46 bits per heavy atom. The van der Waals surface area contributed by atoms with Crippen molar-refractivity contribution in [2.75, 3.05) is 11.9 Å². The Hall–Kier alpha value is -2.89. The third-order valence-corrected chi connectivity index (χ3v) is 4.73. The van der Waals surface area contributed by atoms with Crippen LogP contribution in [0.4, 0.5) is 11.4 Å². The van der Waals surface area contributed by atoms with Crippen molar-refractivity contribution in [3.8, 4) is 0 Å². The topological polar surface area (TPSA) is 84.3 Å². The number of hydrogen-bond donors (Lipinski definition) is 2. The molecule has 6 heteroatoms. The average molecular weight is 353 g/mol. The number of nitro benzene ring substituents is 1. The maximum Gasteiger partial charge on any atom is 0.293 e. The van der Waals surface area contributed by atoms with E-state index in [-0.39, 0.29) is 23.1 Å². The lowest BCUT2D eigenvalue weighted by molar-refractivity contribution is -0.384. The molecular formula is C20H23N3O3. The van der Waals surface area contributed by atoms with Crippen molar-refractivity contribution in [3.05, 3.63) is 69.8 Å². The van der Waals surface area contributed by atoms with Crippen LogP contribution in [0.5, 0.6) is 0 Å². The van der Waals surface area contributed by atoms with Gasteiger partial charge in [0.25, 0.3) is 11.6 Å². The number of carbonyl (C=O) groups excluding carboxylic acids is 1. The minimum absolute atomic E-state index is 0.0278. The number of amides is 1. The maximum atomic E-state index is 12.1. The molecule has 0 bridgehead atoms. The summed E-state index contributed by atoms with van der Waals surface area (Å²) in [5.74, 6) is -0.308. The molecule has 6 nitrogen and oxygen atoms in total. The summed E-state index contributed by atoms with van der Waals surface area (Å²) < 4.78 is 0. The van der Waals surface area contributed by atoms with Crippen LogP contribution < -0.4 is 10.6 Å². The predicted octanol–water partition coefficient (Wildman–Crippen LogP) is 3.88. The van der Waals surface area contributed by atoms with E-state index in [2.05, 4.69) is 22.8 Å². The zero-order valence-corrected chi connectivity index (χ0v) is 15.0. The van der Waals surface area contributed by atoms with E-state index >= 15 is 0 Å². The molecule has 1 aliphatic carbocycles. The van der Waals surface area contributed by atoms with Crippen LogP contribution in [0, 0.1) is 10.1 Å². The van der Waals surface area contributed by atoms with E-state index in [9.17, 15) is 14.9 Å². The SMILES string of the molecule is CC(C)NC(=O)c1ccc(NCC2(c3ccccc3)CC2)c([N+](=O)[O-])c1. The molecule has 0 spiro atoms. The number of anilines is 1. The van der Waals surface area contributed by atoms with Gasteiger partial charge in [0.1, 0.15) is 5.69 Å². The van der Waals surface area contributed by atoms with Gasteiger partial charge >= 0.3 is 0 Å². The van der Waals surface area contributed by atoms with Crippen molar-refractivity contribution in [2.45, 2.75) is 38.1 Å². The van der Waals surface area contributed by atoms with Crippen LogP contribution in [0.15, 0.2) is 48.5 Å². The van der Waals surface area contributed by atoms with E-state index in [0.29, 0.717) is 17.8 Å². The molecule has 2 aromatic carbocycles. The second-order valence-corrected chi connectivity index (χ2v) is 7.12. The molecule has 0 saturated heterocycles. The quantitative estimate of drug-likeness (QED) is 0.584. The van der Waals surface area contributed by atoms with Gasteiger partial charge in [-0.3, -0.25) is 14.9 Å². The number of benzene rings is 2. The largest absolute Gasteiger partial charge is 0.379 e. The molecule has 3 rings (SSSR count). The Labute approximate surface area is 152 Å². The summed E-state index contributed by atoms with van der Waals surface area (Å²) in [7, 11) is 0. The predicted molar refractivity (Wildman–Crippen MR) is 102 cm³/mol. The third kappa shape index (κ3) is 3.85. The van der Waals surface area contributed by atoms with Gasteiger partial charge in [-0.25, -0.2) is 0 Å². The summed E-state index contributed by atoms with van der Waals surface area (Å²) in [6, 6.07) is 14.8. The molecule has 1 aliphatic rings. The van der Waals surface area contributed by atoms with Gasteiger partial charge < -0.3 is 10.6 Å². The Bertz CT molecular complexity index is 814. The molecular weight excluding hydrogens is 330 g/mol. The van der Waals surface area contributed by atoms with Gasteiger partial charge in [0.05, 0.1) is 4.92 Å². The molecule has 0 unspecified atom stereocenters. The molecule has 0 heterocycles. The fourth-order valence-corrected chi connectivity index (χ4v) is 3.09. The first-order valence-corrected chi connectivity index (χ1v) is 8.80. The van der Waals surface area contributed by atoms with Crippen LogP contribution in [0.2, 0.25) is 0 Å². The lowest BCUT2D eigenvalue weighted by Crippen LogP contribution is -2.30. The number of carbonyl (C=O) groups is 1. The average Bonchev–Trinajstić information content (AvgIpc) is 3.41. The standard InChI is InChI=1S/C20H23N3O3/c1-14(2)22-19(24)15-8-9-17(18(12-15)23(25)26)21-13-20(10-11-20)16-6-4-3-5-7-16/h3-9,12,14,21H,10-11,13H2,1-2H3,(H,22,24). The Morgan fingerprint density at radius 1 is 1.19 bits per heavy atom. The zero-order chi connectivity index (χ0) is 18.7. The fourth-order valence-electron chi connectivity index (χ4n) is 3.09. The van der Waals surface area contributed by atoms with E-state index in [0.717, 1.165) is 12.8 Å². The van der Waals surface area contributed by atoms with Gasteiger partial charge in [-0.2, -0.15) is 0 Å². The number of nitro groups is 1. The minimum atomic E-state index is -0.448. The van der Waals surface area contributed by atoms with Crippen LogP contribution in [0.1, 0.15) is 42.6 Å². The molecule has 0 radical (unpaired) electrons. The lowest BCUT2D eigenvalue weighted by atomic mass is 9.96. The molecule has 26 heavy (non-hydrogen) atoms. The second-order valence-electron chi connectivity index (χ2n) is 7.12. The van der Waals surface area contributed by atoms with Gasteiger partial charge in [0.2, 0.25) is 0 Å². The first kappa shape index (κ1) is 17.9. The first-order chi connectivity index (χ1) is 12.4. The minimum Gasteiger partial charge on any atom is -0.379 e. The highest BCUT2D eigenvalue weighted by Crippen LogP contribution is 2.48. The molecule has 2 aromatic rings. The summed E-state index contributed by atoms with van der Waals surface area (Å²) >= 11 is 0. The summed E-state index contributed by atoms with van der Waals surface area (Å²) in [6.07, 6.45) is 2.12. The van der Waals surface area contributed by atoms with Crippen LogP contribution in [-0.4, -0.2) is 23.4 Å². The van der Waals surface area contributed by atoms with Crippen LogP contribution in [-0.2, 0) is 5.41 Å². The number of nitrogens with zero attached hydrogens (tertiary/aromatic N) is 1. The number of nitrogens with one attached hydrogen (secondary N) is 2. The van der Waals surface area contributed by atoms with E-state index in [4.69, 9.17) is 0 Å². The normalized spacial score (nSPS) is 14.7. The van der Waals surface area contributed by atoms with Crippen LogP contribution in [0.25, 0.3) is 0 Å². The van der Waals surface area contributed by atoms with Gasteiger partial charge in [0, 0.05) is 29.6 Å². The van der Waals surface area contributed by atoms with Crippen molar-refractivity contribution in [1.29, 1.82) is 0 Å². The van der Waals surface area contributed by atoms with Gasteiger partial charge in [0.15, 0.2) is 0 Å². The van der Waals surface area contributed by atoms with E-state index in [1.54, 1.807) is 12.1 Å². The van der Waals surface area contributed by atoms with Crippen molar-refractivity contribution < 1.29 is 9.72 Å². The Kier molecular flexibility index (Phi) is 4.93.